The van der Waals surface area contributed by atoms with Crippen molar-refractivity contribution in [3.05, 3.63) is 51.9 Å². The fraction of sp³-hybridized carbons (Fsp3) is 0.294. The van der Waals surface area contributed by atoms with Crippen molar-refractivity contribution in [3.8, 4) is 11.4 Å². The van der Waals surface area contributed by atoms with E-state index in [1.165, 1.54) is 13.2 Å². The molecule has 0 radical (unpaired) electrons. The number of rotatable bonds is 4. The first kappa shape index (κ1) is 17.4. The number of carboxylic acid groups (broad SMARTS) is 1. The molecule has 0 atom stereocenters. The number of hydrogen-bond donors (Lipinski definition) is 1. The van der Waals surface area contributed by atoms with E-state index in [0.717, 1.165) is 10.7 Å². The van der Waals surface area contributed by atoms with Crippen LogP contribution in [0.4, 0.5) is 0 Å². The minimum absolute atomic E-state index is 0.0812. The van der Waals surface area contributed by atoms with Crippen molar-refractivity contribution >= 4 is 11.8 Å². The predicted octanol–water partition coefficient (Wildman–Crippen LogP) is 2.17. The van der Waals surface area contributed by atoms with E-state index >= 15 is 0 Å². The summed E-state index contributed by atoms with van der Waals surface area (Å²) in [6, 6.07) is 7.45. The molecule has 0 aliphatic rings. The number of carboxylic acids is 1. The Labute approximate surface area is 138 Å². The van der Waals surface area contributed by atoms with Gasteiger partial charge in [-0.2, -0.15) is 9.78 Å². The van der Waals surface area contributed by atoms with Gasteiger partial charge >= 0.3 is 5.97 Å². The third-order valence-corrected chi connectivity index (χ3v) is 3.35. The van der Waals surface area contributed by atoms with Gasteiger partial charge in [0, 0.05) is 11.5 Å². The molecule has 1 heterocycles. The SMILES string of the molecule is COc1cccc(-n2nc(C(=O)C(C)(C)C)cc(C(=O)O)c2=O)c1. The van der Waals surface area contributed by atoms with Crippen LogP contribution in [0.25, 0.3) is 5.69 Å². The molecule has 24 heavy (non-hydrogen) atoms. The van der Waals surface area contributed by atoms with Gasteiger partial charge in [0.1, 0.15) is 17.0 Å². The van der Waals surface area contributed by atoms with E-state index in [1.54, 1.807) is 39.0 Å². The number of ether oxygens (including phenoxy) is 1. The van der Waals surface area contributed by atoms with Gasteiger partial charge in [0.05, 0.1) is 12.8 Å². The van der Waals surface area contributed by atoms with Gasteiger partial charge in [0.25, 0.3) is 5.56 Å². The predicted molar refractivity (Wildman–Crippen MR) is 87.1 cm³/mol. The molecule has 2 rings (SSSR count). The molecule has 0 bridgehead atoms. The largest absolute Gasteiger partial charge is 0.497 e. The standard InChI is InChI=1S/C17H18N2O5/c1-17(2,3)14(20)13-9-12(16(22)23)15(21)19(18-13)10-6-5-7-11(8-10)24-4/h5-9H,1-4H3,(H,22,23). The summed E-state index contributed by atoms with van der Waals surface area (Å²) < 4.78 is 6.01. The average Bonchev–Trinajstić information content (AvgIpc) is 2.53. The van der Waals surface area contributed by atoms with Gasteiger partial charge in [-0.3, -0.25) is 9.59 Å². The highest BCUT2D eigenvalue weighted by atomic mass is 16.5. The van der Waals surface area contributed by atoms with Crippen LogP contribution in [0.1, 0.15) is 41.6 Å². The summed E-state index contributed by atoms with van der Waals surface area (Å²) in [7, 11) is 1.47. The monoisotopic (exact) mass is 330 g/mol. The smallest absolute Gasteiger partial charge is 0.341 e. The molecule has 7 heteroatoms. The summed E-state index contributed by atoms with van der Waals surface area (Å²) in [6.45, 7) is 5.08. The molecule has 126 valence electrons. The van der Waals surface area contributed by atoms with Crippen molar-refractivity contribution in [2.45, 2.75) is 20.8 Å². The first-order chi connectivity index (χ1) is 11.1. The number of aromatic nitrogens is 2. The summed E-state index contributed by atoms with van der Waals surface area (Å²) in [5.41, 5.74) is -1.87. The molecule has 0 saturated carbocycles. The lowest BCUT2D eigenvalue weighted by Crippen LogP contribution is -2.31. The fourth-order valence-corrected chi connectivity index (χ4v) is 2.06. The van der Waals surface area contributed by atoms with E-state index in [1.807, 2.05) is 0 Å². The molecule has 0 aliphatic heterocycles. The number of methoxy groups -OCH3 is 1. The number of benzene rings is 1. The van der Waals surface area contributed by atoms with Crippen LogP contribution < -0.4 is 10.3 Å². The zero-order valence-corrected chi connectivity index (χ0v) is 13.9. The van der Waals surface area contributed by atoms with Gasteiger partial charge in [-0.05, 0) is 18.2 Å². The van der Waals surface area contributed by atoms with E-state index < -0.39 is 22.5 Å². The van der Waals surface area contributed by atoms with Crippen LogP contribution in [0.3, 0.4) is 0 Å². The van der Waals surface area contributed by atoms with Crippen LogP contribution in [0.2, 0.25) is 0 Å². The molecule has 0 aliphatic carbocycles. The van der Waals surface area contributed by atoms with Crippen molar-refractivity contribution in [1.82, 2.24) is 9.78 Å². The second kappa shape index (κ2) is 6.27. The molecule has 0 amide bonds. The molecule has 1 aromatic heterocycles. The van der Waals surface area contributed by atoms with Crippen molar-refractivity contribution < 1.29 is 19.4 Å². The molecular formula is C17H18N2O5. The van der Waals surface area contributed by atoms with Crippen molar-refractivity contribution in [3.63, 3.8) is 0 Å². The Morgan fingerprint density at radius 2 is 1.88 bits per heavy atom. The maximum absolute atomic E-state index is 12.5. The van der Waals surface area contributed by atoms with Gasteiger partial charge in [-0.25, -0.2) is 4.79 Å². The Kier molecular flexibility index (Phi) is 4.54. The second-order valence-electron chi connectivity index (χ2n) is 6.25. The van der Waals surface area contributed by atoms with E-state index in [-0.39, 0.29) is 11.5 Å². The molecular weight excluding hydrogens is 312 g/mol. The quantitative estimate of drug-likeness (QED) is 0.863. The lowest BCUT2D eigenvalue weighted by molar-refractivity contribution is 0.0694. The van der Waals surface area contributed by atoms with Crippen LogP contribution in [-0.4, -0.2) is 33.7 Å². The summed E-state index contributed by atoms with van der Waals surface area (Å²) in [6.07, 6.45) is 0. The summed E-state index contributed by atoms with van der Waals surface area (Å²) in [4.78, 5) is 36.2. The molecule has 7 nitrogen and oxygen atoms in total. The molecule has 1 N–H and O–H groups in total. The van der Waals surface area contributed by atoms with Crippen LogP contribution >= 0.6 is 0 Å². The number of carbonyl (C=O) groups is 2. The molecule has 0 spiro atoms. The fourth-order valence-electron chi connectivity index (χ4n) is 2.06. The highest BCUT2D eigenvalue weighted by molar-refractivity contribution is 5.99. The van der Waals surface area contributed by atoms with Crippen molar-refractivity contribution in [1.29, 1.82) is 0 Å². The van der Waals surface area contributed by atoms with E-state index in [2.05, 4.69) is 5.10 Å². The van der Waals surface area contributed by atoms with Crippen LogP contribution in [0.15, 0.2) is 35.1 Å². The van der Waals surface area contributed by atoms with E-state index in [9.17, 15) is 19.5 Å². The van der Waals surface area contributed by atoms with Gasteiger partial charge in [-0.15, -0.1) is 0 Å². The van der Waals surface area contributed by atoms with Gasteiger partial charge < -0.3 is 9.84 Å². The highest BCUT2D eigenvalue weighted by Gasteiger charge is 2.27. The Morgan fingerprint density at radius 1 is 1.21 bits per heavy atom. The number of aromatic carboxylic acids is 1. The Morgan fingerprint density at radius 3 is 2.42 bits per heavy atom. The maximum Gasteiger partial charge on any atom is 0.341 e. The minimum atomic E-state index is -1.41. The van der Waals surface area contributed by atoms with Crippen molar-refractivity contribution in [2.75, 3.05) is 7.11 Å². The van der Waals surface area contributed by atoms with E-state index in [0.29, 0.717) is 11.4 Å². The number of hydrogen-bond acceptors (Lipinski definition) is 5. The summed E-state index contributed by atoms with van der Waals surface area (Å²) in [5, 5.41) is 13.3. The van der Waals surface area contributed by atoms with Gasteiger partial charge in [0.15, 0.2) is 5.78 Å². The Balaban J connectivity index is 2.75. The number of nitrogens with zero attached hydrogens (tertiary/aromatic N) is 2. The lowest BCUT2D eigenvalue weighted by Gasteiger charge is -2.17. The van der Waals surface area contributed by atoms with E-state index in [4.69, 9.17) is 4.74 Å². The highest BCUT2D eigenvalue weighted by Crippen LogP contribution is 2.20. The lowest BCUT2D eigenvalue weighted by atomic mass is 9.88. The molecule has 0 unspecified atom stereocenters. The zero-order chi connectivity index (χ0) is 18.1. The average molecular weight is 330 g/mol. The Bertz CT molecular complexity index is 862. The van der Waals surface area contributed by atoms with Crippen LogP contribution in [-0.2, 0) is 0 Å². The zero-order valence-electron chi connectivity index (χ0n) is 13.9. The number of carbonyl (C=O) groups excluding carboxylic acids is 1. The molecule has 0 saturated heterocycles. The third kappa shape index (κ3) is 3.34. The van der Waals surface area contributed by atoms with Gasteiger partial charge in [0.2, 0.25) is 0 Å². The molecule has 2 aromatic rings. The first-order valence-corrected chi connectivity index (χ1v) is 7.22. The molecule has 0 fully saturated rings. The van der Waals surface area contributed by atoms with Crippen LogP contribution in [0.5, 0.6) is 5.75 Å². The third-order valence-electron chi connectivity index (χ3n) is 3.35. The van der Waals surface area contributed by atoms with Crippen LogP contribution in [0, 0.1) is 5.41 Å². The second-order valence-corrected chi connectivity index (χ2v) is 6.25. The maximum atomic E-state index is 12.5. The summed E-state index contributed by atoms with van der Waals surface area (Å²) in [5.74, 6) is -1.30. The summed E-state index contributed by atoms with van der Waals surface area (Å²) >= 11 is 0. The molecule has 1 aromatic carbocycles. The Hall–Kier alpha value is -2.96. The van der Waals surface area contributed by atoms with Gasteiger partial charge in [-0.1, -0.05) is 26.8 Å². The topological polar surface area (TPSA) is 98.5 Å². The number of Topliss-reactive ketones (excluding diaryl/α,β-unsaturated/α-hetero) is 1. The van der Waals surface area contributed by atoms with Crippen molar-refractivity contribution in [2.24, 2.45) is 5.41 Å². The number of ketones is 1. The normalized spacial score (nSPS) is 11.2. The first-order valence-electron chi connectivity index (χ1n) is 7.22. The minimum Gasteiger partial charge on any atom is -0.497 e.